The summed E-state index contributed by atoms with van der Waals surface area (Å²) in [5, 5.41) is 4.08. The van der Waals surface area contributed by atoms with E-state index in [1.54, 1.807) is 0 Å². The molecule has 2 aromatic rings. The van der Waals surface area contributed by atoms with Gasteiger partial charge in [-0.05, 0) is 26.3 Å². The van der Waals surface area contributed by atoms with Crippen LogP contribution in [0.4, 0.5) is 0 Å². The Kier molecular flexibility index (Phi) is 2.82. The number of aromatic nitrogens is 4. The summed E-state index contributed by atoms with van der Waals surface area (Å²) in [6, 6.07) is 0. The molecule has 0 aliphatic heterocycles. The van der Waals surface area contributed by atoms with Gasteiger partial charge in [-0.2, -0.15) is 4.98 Å². The van der Waals surface area contributed by atoms with Gasteiger partial charge in [0.2, 0.25) is 9.05 Å². The van der Waals surface area contributed by atoms with E-state index >= 15 is 0 Å². The SMILES string of the molecule is Cc1nc2nc(CS(=O)(=O)Cl)nn2c(C)c1C. The van der Waals surface area contributed by atoms with Crippen LogP contribution in [0.15, 0.2) is 0 Å². The molecule has 2 aromatic heterocycles. The van der Waals surface area contributed by atoms with Gasteiger partial charge in [0.1, 0.15) is 5.75 Å². The minimum Gasteiger partial charge on any atom is -0.216 e. The number of halogens is 1. The second-order valence-corrected chi connectivity index (χ2v) is 6.61. The normalized spacial score (nSPS) is 12.2. The van der Waals surface area contributed by atoms with E-state index in [9.17, 15) is 8.42 Å². The van der Waals surface area contributed by atoms with Gasteiger partial charge in [-0.3, -0.25) is 0 Å². The maximum absolute atomic E-state index is 11.0. The Bertz CT molecular complexity index is 693. The van der Waals surface area contributed by atoms with Crippen LogP contribution in [0.25, 0.3) is 5.78 Å². The predicted octanol–water partition coefficient (Wildman–Crippen LogP) is 1.12. The smallest absolute Gasteiger partial charge is 0.216 e. The number of nitrogens with zero attached hydrogens (tertiary/aromatic N) is 4. The number of aryl methyl sites for hydroxylation is 2. The molecule has 0 N–H and O–H groups in total. The second kappa shape index (κ2) is 3.92. The van der Waals surface area contributed by atoms with Crippen LogP contribution in [0.1, 0.15) is 22.8 Å². The molecule has 0 saturated carbocycles. The van der Waals surface area contributed by atoms with Crippen molar-refractivity contribution in [1.29, 1.82) is 0 Å². The van der Waals surface area contributed by atoms with E-state index in [-0.39, 0.29) is 5.82 Å². The molecule has 2 heterocycles. The van der Waals surface area contributed by atoms with Gasteiger partial charge in [0.05, 0.1) is 0 Å². The van der Waals surface area contributed by atoms with Gasteiger partial charge in [0.25, 0.3) is 5.78 Å². The predicted molar refractivity (Wildman–Crippen MR) is 63.5 cm³/mol. The van der Waals surface area contributed by atoms with E-state index in [2.05, 4.69) is 15.1 Å². The Hall–Kier alpha value is -1.21. The molecule has 8 heteroatoms. The average Bonchev–Trinajstić information content (AvgIpc) is 2.54. The van der Waals surface area contributed by atoms with Crippen molar-refractivity contribution in [3.8, 4) is 0 Å². The van der Waals surface area contributed by atoms with E-state index in [0.717, 1.165) is 17.0 Å². The molecule has 0 radical (unpaired) electrons. The van der Waals surface area contributed by atoms with Gasteiger partial charge in [0.15, 0.2) is 5.82 Å². The third-order valence-corrected chi connectivity index (χ3v) is 3.54. The highest BCUT2D eigenvalue weighted by atomic mass is 35.7. The van der Waals surface area contributed by atoms with Crippen LogP contribution in [0.2, 0.25) is 0 Å². The first-order valence-electron chi connectivity index (χ1n) is 4.90. The molecule has 17 heavy (non-hydrogen) atoms. The molecule has 92 valence electrons. The van der Waals surface area contributed by atoms with E-state index in [0.29, 0.717) is 5.78 Å². The molecular formula is C9H11ClN4O2S. The highest BCUT2D eigenvalue weighted by Gasteiger charge is 2.15. The summed E-state index contributed by atoms with van der Waals surface area (Å²) in [6.45, 7) is 5.68. The molecule has 0 aliphatic carbocycles. The summed E-state index contributed by atoms with van der Waals surface area (Å²) in [4.78, 5) is 8.28. The Morgan fingerprint density at radius 1 is 1.24 bits per heavy atom. The monoisotopic (exact) mass is 274 g/mol. The van der Waals surface area contributed by atoms with Crippen LogP contribution in [0.5, 0.6) is 0 Å². The zero-order valence-electron chi connectivity index (χ0n) is 9.60. The summed E-state index contributed by atoms with van der Waals surface area (Å²) in [5.41, 5.74) is 2.74. The number of hydrogen-bond acceptors (Lipinski definition) is 5. The standard InChI is InChI=1S/C9H11ClN4O2S/c1-5-6(2)11-9-12-8(4-17(10,15)16)13-14(9)7(5)3/h4H2,1-3H3. The average molecular weight is 275 g/mol. The minimum atomic E-state index is -3.65. The zero-order chi connectivity index (χ0) is 12.8. The van der Waals surface area contributed by atoms with Gasteiger partial charge in [0, 0.05) is 22.1 Å². The molecule has 0 aromatic carbocycles. The molecule has 0 spiro atoms. The van der Waals surface area contributed by atoms with Crippen LogP contribution in [-0.4, -0.2) is 28.0 Å². The number of fused-ring (bicyclic) bond motifs is 1. The summed E-state index contributed by atoms with van der Waals surface area (Å²) < 4.78 is 23.4. The van der Waals surface area contributed by atoms with Crippen molar-refractivity contribution < 1.29 is 8.42 Å². The van der Waals surface area contributed by atoms with Crippen LogP contribution < -0.4 is 0 Å². The minimum absolute atomic E-state index is 0.153. The molecule has 0 amide bonds. The van der Waals surface area contributed by atoms with Crippen molar-refractivity contribution in [2.24, 2.45) is 0 Å². The molecule has 0 fully saturated rings. The molecule has 0 unspecified atom stereocenters. The molecular weight excluding hydrogens is 264 g/mol. The topological polar surface area (TPSA) is 77.2 Å². The largest absolute Gasteiger partial charge is 0.252 e. The number of hydrogen-bond donors (Lipinski definition) is 0. The Labute approximate surface area is 103 Å². The summed E-state index contributed by atoms with van der Waals surface area (Å²) in [5.74, 6) is 0.150. The summed E-state index contributed by atoms with van der Waals surface area (Å²) in [7, 11) is 1.51. The van der Waals surface area contributed by atoms with E-state index in [1.165, 1.54) is 4.52 Å². The molecule has 0 aliphatic rings. The Morgan fingerprint density at radius 3 is 2.47 bits per heavy atom. The van der Waals surface area contributed by atoms with Gasteiger partial charge >= 0.3 is 0 Å². The highest BCUT2D eigenvalue weighted by molar-refractivity contribution is 8.13. The first-order chi connectivity index (χ1) is 7.78. The van der Waals surface area contributed by atoms with Crippen molar-refractivity contribution in [2.75, 3.05) is 0 Å². The molecule has 0 bridgehead atoms. The van der Waals surface area contributed by atoms with Crippen molar-refractivity contribution in [2.45, 2.75) is 26.5 Å². The first-order valence-corrected chi connectivity index (χ1v) is 7.37. The Morgan fingerprint density at radius 2 is 1.88 bits per heavy atom. The Balaban J connectivity index is 2.62. The highest BCUT2D eigenvalue weighted by Crippen LogP contribution is 2.13. The lowest BCUT2D eigenvalue weighted by atomic mass is 10.2. The second-order valence-electron chi connectivity index (χ2n) is 3.83. The van der Waals surface area contributed by atoms with E-state index in [1.807, 2.05) is 20.8 Å². The van der Waals surface area contributed by atoms with Crippen LogP contribution in [0.3, 0.4) is 0 Å². The van der Waals surface area contributed by atoms with Gasteiger partial charge in [-0.1, -0.05) is 0 Å². The van der Waals surface area contributed by atoms with Crippen molar-refractivity contribution in [1.82, 2.24) is 19.6 Å². The van der Waals surface area contributed by atoms with E-state index in [4.69, 9.17) is 10.7 Å². The van der Waals surface area contributed by atoms with Gasteiger partial charge in [-0.25, -0.2) is 17.9 Å². The molecule has 0 saturated heterocycles. The van der Waals surface area contributed by atoms with Crippen molar-refractivity contribution >= 4 is 25.5 Å². The summed E-state index contributed by atoms with van der Waals surface area (Å²) >= 11 is 0. The van der Waals surface area contributed by atoms with Gasteiger partial charge < -0.3 is 0 Å². The maximum atomic E-state index is 11.0. The molecule has 6 nitrogen and oxygen atoms in total. The summed E-state index contributed by atoms with van der Waals surface area (Å²) in [6.07, 6.45) is 0. The fourth-order valence-corrected chi connectivity index (χ4v) is 2.24. The third-order valence-electron chi connectivity index (χ3n) is 2.61. The lowest BCUT2D eigenvalue weighted by Crippen LogP contribution is -2.02. The number of rotatable bonds is 2. The lowest BCUT2D eigenvalue weighted by Gasteiger charge is -2.04. The fraction of sp³-hybridized carbons (Fsp3) is 0.444. The van der Waals surface area contributed by atoms with Crippen molar-refractivity contribution in [3.63, 3.8) is 0 Å². The zero-order valence-corrected chi connectivity index (χ0v) is 11.2. The van der Waals surface area contributed by atoms with Crippen LogP contribution >= 0.6 is 10.7 Å². The van der Waals surface area contributed by atoms with Gasteiger partial charge in [-0.15, -0.1) is 5.10 Å². The lowest BCUT2D eigenvalue weighted by molar-refractivity contribution is 0.607. The third kappa shape index (κ3) is 2.39. The van der Waals surface area contributed by atoms with Crippen LogP contribution in [-0.2, 0) is 14.8 Å². The quantitative estimate of drug-likeness (QED) is 0.767. The molecule has 0 atom stereocenters. The van der Waals surface area contributed by atoms with E-state index < -0.39 is 14.8 Å². The maximum Gasteiger partial charge on any atom is 0.252 e. The van der Waals surface area contributed by atoms with Crippen molar-refractivity contribution in [3.05, 3.63) is 22.8 Å². The molecule has 2 rings (SSSR count). The van der Waals surface area contributed by atoms with Crippen LogP contribution in [0, 0.1) is 20.8 Å². The fourth-order valence-electron chi connectivity index (χ4n) is 1.51. The first kappa shape index (κ1) is 12.3.